The number of nitriles is 1. The molecule has 0 amide bonds. The standard InChI is InChI=1S/C15H16N2O2S/c1-3-15-17-12(10-20-15)9-19-13-6-5-11(8-16)7-14(13)18-4-2/h5-7,10H,3-4,9H2,1-2H3. The van der Waals surface area contributed by atoms with Crippen LogP contribution in [0.1, 0.15) is 30.1 Å². The molecule has 0 saturated heterocycles. The van der Waals surface area contributed by atoms with Gasteiger partial charge in [-0.2, -0.15) is 5.26 Å². The van der Waals surface area contributed by atoms with Crippen LogP contribution in [0.3, 0.4) is 0 Å². The predicted molar refractivity (Wildman–Crippen MR) is 78.2 cm³/mol. The van der Waals surface area contributed by atoms with Gasteiger partial charge in [0.15, 0.2) is 11.5 Å². The molecule has 0 aliphatic rings. The molecule has 0 atom stereocenters. The molecule has 0 aliphatic carbocycles. The van der Waals surface area contributed by atoms with Gasteiger partial charge in [-0.1, -0.05) is 6.92 Å². The van der Waals surface area contributed by atoms with Crippen LogP contribution < -0.4 is 9.47 Å². The van der Waals surface area contributed by atoms with Gasteiger partial charge in [-0.15, -0.1) is 11.3 Å². The molecule has 0 fully saturated rings. The zero-order chi connectivity index (χ0) is 14.4. The number of ether oxygens (including phenoxy) is 2. The monoisotopic (exact) mass is 288 g/mol. The highest BCUT2D eigenvalue weighted by Crippen LogP contribution is 2.29. The molecule has 1 heterocycles. The molecule has 0 aliphatic heterocycles. The Morgan fingerprint density at radius 2 is 2.10 bits per heavy atom. The lowest BCUT2D eigenvalue weighted by molar-refractivity contribution is 0.267. The first-order valence-electron chi connectivity index (χ1n) is 6.49. The van der Waals surface area contributed by atoms with E-state index < -0.39 is 0 Å². The molecule has 0 unspecified atom stereocenters. The van der Waals surface area contributed by atoms with Crippen LogP contribution in [0.15, 0.2) is 23.6 Å². The first-order valence-corrected chi connectivity index (χ1v) is 7.37. The number of hydrogen-bond donors (Lipinski definition) is 0. The van der Waals surface area contributed by atoms with E-state index >= 15 is 0 Å². The minimum Gasteiger partial charge on any atom is -0.490 e. The zero-order valence-corrected chi connectivity index (χ0v) is 12.4. The Kier molecular flexibility index (Phi) is 4.97. The van der Waals surface area contributed by atoms with E-state index in [0.717, 1.165) is 17.1 Å². The summed E-state index contributed by atoms with van der Waals surface area (Å²) in [5.41, 5.74) is 1.47. The van der Waals surface area contributed by atoms with E-state index in [-0.39, 0.29) is 0 Å². The van der Waals surface area contributed by atoms with E-state index in [0.29, 0.717) is 30.3 Å². The van der Waals surface area contributed by atoms with Gasteiger partial charge in [-0.3, -0.25) is 0 Å². The predicted octanol–water partition coefficient (Wildman–Crippen LogP) is 3.55. The normalized spacial score (nSPS) is 10.1. The van der Waals surface area contributed by atoms with Gasteiger partial charge in [0.05, 0.1) is 28.9 Å². The molecule has 1 aromatic heterocycles. The SMILES string of the molecule is CCOc1cc(C#N)ccc1OCc1csc(CC)n1. The Balaban J connectivity index is 2.10. The van der Waals surface area contributed by atoms with Crippen molar-refractivity contribution in [2.75, 3.05) is 6.61 Å². The zero-order valence-electron chi connectivity index (χ0n) is 11.5. The summed E-state index contributed by atoms with van der Waals surface area (Å²) in [6.07, 6.45) is 0.936. The van der Waals surface area contributed by atoms with Gasteiger partial charge >= 0.3 is 0 Å². The summed E-state index contributed by atoms with van der Waals surface area (Å²) in [6.45, 7) is 4.92. The number of hydrogen-bond acceptors (Lipinski definition) is 5. The molecule has 0 radical (unpaired) electrons. The molecule has 0 bridgehead atoms. The van der Waals surface area contributed by atoms with Crippen LogP contribution in [-0.4, -0.2) is 11.6 Å². The Morgan fingerprint density at radius 1 is 1.25 bits per heavy atom. The van der Waals surface area contributed by atoms with Crippen LogP contribution in [0.2, 0.25) is 0 Å². The van der Waals surface area contributed by atoms with Crippen molar-refractivity contribution in [2.45, 2.75) is 26.9 Å². The van der Waals surface area contributed by atoms with Crippen molar-refractivity contribution in [2.24, 2.45) is 0 Å². The number of aromatic nitrogens is 1. The van der Waals surface area contributed by atoms with Gasteiger partial charge in [0, 0.05) is 11.4 Å². The average molecular weight is 288 g/mol. The minimum absolute atomic E-state index is 0.405. The quantitative estimate of drug-likeness (QED) is 0.815. The summed E-state index contributed by atoms with van der Waals surface area (Å²) in [5, 5.41) is 12.0. The topological polar surface area (TPSA) is 55.1 Å². The second kappa shape index (κ2) is 6.92. The molecular formula is C15H16N2O2S. The van der Waals surface area contributed by atoms with Crippen molar-refractivity contribution in [1.29, 1.82) is 5.26 Å². The van der Waals surface area contributed by atoms with Gasteiger partial charge in [-0.25, -0.2) is 4.98 Å². The van der Waals surface area contributed by atoms with E-state index in [4.69, 9.17) is 14.7 Å². The number of benzene rings is 1. The number of aryl methyl sites for hydroxylation is 1. The van der Waals surface area contributed by atoms with E-state index in [1.807, 2.05) is 12.3 Å². The summed E-state index contributed by atoms with van der Waals surface area (Å²) in [7, 11) is 0. The molecular weight excluding hydrogens is 272 g/mol. The summed E-state index contributed by atoms with van der Waals surface area (Å²) >= 11 is 1.64. The van der Waals surface area contributed by atoms with Crippen LogP contribution in [0.5, 0.6) is 11.5 Å². The van der Waals surface area contributed by atoms with Crippen molar-refractivity contribution < 1.29 is 9.47 Å². The summed E-state index contributed by atoms with van der Waals surface area (Å²) < 4.78 is 11.2. The molecule has 5 heteroatoms. The third-order valence-corrected chi connectivity index (χ3v) is 3.69. The maximum absolute atomic E-state index is 8.90. The van der Waals surface area contributed by atoms with Gasteiger partial charge in [0.25, 0.3) is 0 Å². The van der Waals surface area contributed by atoms with Crippen molar-refractivity contribution in [1.82, 2.24) is 4.98 Å². The van der Waals surface area contributed by atoms with Gasteiger partial charge in [0.1, 0.15) is 6.61 Å². The summed E-state index contributed by atoms with van der Waals surface area (Å²) in [5.74, 6) is 1.23. The molecule has 0 N–H and O–H groups in total. The lowest BCUT2D eigenvalue weighted by Gasteiger charge is -2.11. The van der Waals surface area contributed by atoms with Gasteiger partial charge < -0.3 is 9.47 Å². The van der Waals surface area contributed by atoms with E-state index in [9.17, 15) is 0 Å². The largest absolute Gasteiger partial charge is 0.490 e. The highest BCUT2D eigenvalue weighted by Gasteiger charge is 2.08. The van der Waals surface area contributed by atoms with Crippen molar-refractivity contribution in [3.8, 4) is 17.6 Å². The van der Waals surface area contributed by atoms with Crippen LogP contribution in [0.4, 0.5) is 0 Å². The Labute approximate surface area is 122 Å². The van der Waals surface area contributed by atoms with E-state index in [1.165, 1.54) is 0 Å². The lowest BCUT2D eigenvalue weighted by Crippen LogP contribution is -2.00. The lowest BCUT2D eigenvalue weighted by atomic mass is 10.2. The Morgan fingerprint density at radius 3 is 2.75 bits per heavy atom. The molecule has 104 valence electrons. The van der Waals surface area contributed by atoms with Crippen LogP contribution >= 0.6 is 11.3 Å². The minimum atomic E-state index is 0.405. The van der Waals surface area contributed by atoms with Gasteiger partial charge in [-0.05, 0) is 25.5 Å². The van der Waals surface area contributed by atoms with Crippen molar-refractivity contribution in [3.63, 3.8) is 0 Å². The van der Waals surface area contributed by atoms with E-state index in [1.54, 1.807) is 29.5 Å². The summed E-state index contributed by atoms with van der Waals surface area (Å²) in [6, 6.07) is 7.26. The summed E-state index contributed by atoms with van der Waals surface area (Å²) in [4.78, 5) is 4.45. The fraction of sp³-hybridized carbons (Fsp3) is 0.333. The first-order chi connectivity index (χ1) is 9.76. The number of nitrogens with zero attached hydrogens (tertiary/aromatic N) is 2. The molecule has 2 aromatic rings. The molecule has 2 rings (SSSR count). The van der Waals surface area contributed by atoms with Crippen LogP contribution in [0, 0.1) is 11.3 Å². The van der Waals surface area contributed by atoms with Gasteiger partial charge in [0.2, 0.25) is 0 Å². The fourth-order valence-corrected chi connectivity index (χ4v) is 2.42. The van der Waals surface area contributed by atoms with E-state index in [2.05, 4.69) is 18.0 Å². The smallest absolute Gasteiger partial charge is 0.162 e. The molecule has 1 aromatic carbocycles. The molecule has 0 saturated carbocycles. The fourth-order valence-electron chi connectivity index (χ4n) is 1.69. The third kappa shape index (κ3) is 3.49. The van der Waals surface area contributed by atoms with Crippen LogP contribution in [0.25, 0.3) is 0 Å². The number of rotatable bonds is 6. The second-order valence-corrected chi connectivity index (χ2v) is 5.02. The highest BCUT2D eigenvalue weighted by molar-refractivity contribution is 7.09. The average Bonchev–Trinajstić information content (AvgIpc) is 2.94. The molecule has 0 spiro atoms. The van der Waals surface area contributed by atoms with Crippen molar-refractivity contribution in [3.05, 3.63) is 39.8 Å². The van der Waals surface area contributed by atoms with Crippen LogP contribution in [-0.2, 0) is 13.0 Å². The maximum Gasteiger partial charge on any atom is 0.162 e. The Bertz CT molecular complexity index is 617. The number of thiazole rings is 1. The Hall–Kier alpha value is -2.06. The third-order valence-electron chi connectivity index (χ3n) is 2.65. The molecule has 20 heavy (non-hydrogen) atoms. The maximum atomic E-state index is 8.90. The highest BCUT2D eigenvalue weighted by atomic mass is 32.1. The van der Waals surface area contributed by atoms with Crippen molar-refractivity contribution >= 4 is 11.3 Å². The second-order valence-electron chi connectivity index (χ2n) is 4.08. The first kappa shape index (κ1) is 14.4. The molecule has 4 nitrogen and oxygen atoms in total.